The average Bonchev–Trinajstić information content (AvgIpc) is 2.78. The van der Waals surface area contributed by atoms with Crippen molar-refractivity contribution in [2.75, 3.05) is 16.9 Å². The molecule has 0 saturated heterocycles. The molecule has 0 fully saturated rings. The molecule has 94 valence electrons. The Bertz CT molecular complexity index is 519. The largest absolute Gasteiger partial charge is 0.383 e. The van der Waals surface area contributed by atoms with Crippen LogP contribution in [0.5, 0.6) is 0 Å². The quantitative estimate of drug-likeness (QED) is 0.500. The van der Waals surface area contributed by atoms with Crippen LogP contribution in [0.3, 0.4) is 0 Å². The minimum atomic E-state index is 0.513. The van der Waals surface area contributed by atoms with E-state index in [-0.39, 0.29) is 0 Å². The molecule has 0 aliphatic carbocycles. The predicted molar refractivity (Wildman–Crippen MR) is 80.6 cm³/mol. The number of thiazole rings is 1. The molecule has 0 atom stereocenters. The minimum Gasteiger partial charge on any atom is -0.383 e. The van der Waals surface area contributed by atoms with E-state index < -0.39 is 0 Å². The average molecular weight is 278 g/mol. The molecule has 0 spiro atoms. The van der Waals surface area contributed by atoms with Crippen LogP contribution < -0.4 is 11.2 Å². The number of anilines is 2. The van der Waals surface area contributed by atoms with Gasteiger partial charge in [0, 0.05) is 10.3 Å². The highest BCUT2D eigenvalue weighted by Crippen LogP contribution is 2.18. The van der Waals surface area contributed by atoms with Gasteiger partial charge in [-0.05, 0) is 23.4 Å². The fraction of sp³-hybridized carbons (Fsp3) is 0.167. The second-order valence-corrected chi connectivity index (χ2v) is 5.65. The number of nitrogens with zero attached hydrogens (tertiary/aromatic N) is 2. The van der Waals surface area contributed by atoms with E-state index in [2.05, 4.69) is 34.6 Å². The number of thioether (sulfide) groups is 1. The van der Waals surface area contributed by atoms with Crippen molar-refractivity contribution in [1.82, 2.24) is 4.98 Å². The molecule has 0 unspecified atom stereocenters. The summed E-state index contributed by atoms with van der Waals surface area (Å²) in [7, 11) is 0. The van der Waals surface area contributed by atoms with Gasteiger partial charge in [-0.25, -0.2) is 4.98 Å². The summed E-state index contributed by atoms with van der Waals surface area (Å²) in [4.78, 5) is 5.32. The van der Waals surface area contributed by atoms with Crippen LogP contribution >= 0.6 is 23.1 Å². The summed E-state index contributed by atoms with van der Waals surface area (Å²) in [5.41, 5.74) is 9.41. The van der Waals surface area contributed by atoms with Crippen LogP contribution in [0.2, 0.25) is 0 Å². The molecule has 1 aromatic heterocycles. The van der Waals surface area contributed by atoms with Crippen LogP contribution in [0.4, 0.5) is 10.9 Å². The zero-order valence-electron chi connectivity index (χ0n) is 9.96. The van der Waals surface area contributed by atoms with E-state index in [1.54, 1.807) is 11.6 Å². The second-order valence-electron chi connectivity index (χ2n) is 3.45. The molecular formula is C12H14N4S2. The Labute approximate surface area is 114 Å². The van der Waals surface area contributed by atoms with Crippen LogP contribution in [0.1, 0.15) is 12.5 Å². The van der Waals surface area contributed by atoms with Crippen molar-refractivity contribution >= 4 is 40.3 Å². The van der Waals surface area contributed by atoms with Crippen LogP contribution in [-0.2, 0) is 0 Å². The third kappa shape index (κ3) is 3.75. The smallest absolute Gasteiger partial charge is 0.205 e. The molecular weight excluding hydrogens is 264 g/mol. The Hall–Kier alpha value is -1.53. The first-order chi connectivity index (χ1) is 8.78. The lowest BCUT2D eigenvalue weighted by Crippen LogP contribution is -1.91. The van der Waals surface area contributed by atoms with Gasteiger partial charge in [0.25, 0.3) is 0 Å². The number of hydrogen-bond donors (Lipinski definition) is 2. The number of benzene rings is 1. The summed E-state index contributed by atoms with van der Waals surface area (Å²) >= 11 is 3.25. The minimum absolute atomic E-state index is 0.513. The van der Waals surface area contributed by atoms with Gasteiger partial charge in [0.15, 0.2) is 0 Å². The Kier molecular flexibility index (Phi) is 4.60. The molecule has 4 nitrogen and oxygen atoms in total. The van der Waals surface area contributed by atoms with E-state index in [1.165, 1.54) is 16.2 Å². The first-order valence-corrected chi connectivity index (χ1v) is 7.37. The van der Waals surface area contributed by atoms with E-state index in [4.69, 9.17) is 5.73 Å². The molecule has 2 aromatic rings. The van der Waals surface area contributed by atoms with Gasteiger partial charge in [0.2, 0.25) is 5.13 Å². The van der Waals surface area contributed by atoms with Gasteiger partial charge in [-0.3, -0.25) is 5.43 Å². The maximum atomic E-state index is 5.51. The van der Waals surface area contributed by atoms with Crippen molar-refractivity contribution in [3.63, 3.8) is 0 Å². The number of rotatable bonds is 5. The highest BCUT2D eigenvalue weighted by molar-refractivity contribution is 7.99. The van der Waals surface area contributed by atoms with Gasteiger partial charge in [-0.1, -0.05) is 19.1 Å². The molecule has 0 aliphatic heterocycles. The molecule has 0 bridgehead atoms. The highest BCUT2D eigenvalue weighted by atomic mass is 32.2. The number of nitrogens with one attached hydrogen (secondary N) is 1. The summed E-state index contributed by atoms with van der Waals surface area (Å²) in [5, 5.41) is 6.58. The zero-order chi connectivity index (χ0) is 12.8. The molecule has 0 aliphatic rings. The third-order valence-corrected chi connectivity index (χ3v) is 3.75. The summed E-state index contributed by atoms with van der Waals surface area (Å²) in [6.45, 7) is 2.14. The zero-order valence-corrected chi connectivity index (χ0v) is 11.6. The molecule has 0 saturated carbocycles. The van der Waals surface area contributed by atoms with Crippen LogP contribution in [0, 0.1) is 0 Å². The first-order valence-electron chi connectivity index (χ1n) is 5.51. The number of nitrogens with two attached hydrogens (primary N) is 1. The summed E-state index contributed by atoms with van der Waals surface area (Å²) in [5.74, 6) is 1.60. The lowest BCUT2D eigenvalue weighted by atomic mass is 10.2. The van der Waals surface area contributed by atoms with Gasteiger partial charge < -0.3 is 5.73 Å². The van der Waals surface area contributed by atoms with Crippen molar-refractivity contribution in [1.29, 1.82) is 0 Å². The normalized spacial score (nSPS) is 10.9. The molecule has 0 amide bonds. The third-order valence-electron chi connectivity index (χ3n) is 2.09. The van der Waals surface area contributed by atoms with Crippen molar-refractivity contribution < 1.29 is 0 Å². The topological polar surface area (TPSA) is 63.3 Å². The molecule has 1 aromatic carbocycles. The van der Waals surface area contributed by atoms with E-state index >= 15 is 0 Å². The Morgan fingerprint density at radius 2 is 2.22 bits per heavy atom. The van der Waals surface area contributed by atoms with E-state index in [1.807, 2.05) is 23.9 Å². The molecule has 1 heterocycles. The van der Waals surface area contributed by atoms with Crippen LogP contribution in [0.25, 0.3) is 0 Å². The Balaban J connectivity index is 1.92. The van der Waals surface area contributed by atoms with Crippen LogP contribution in [-0.4, -0.2) is 17.0 Å². The SMILES string of the molecule is CCSc1ccc(C=NNc2nc(N)cs2)cc1. The lowest BCUT2D eigenvalue weighted by Gasteiger charge is -1.98. The van der Waals surface area contributed by atoms with Crippen molar-refractivity contribution in [3.8, 4) is 0 Å². The predicted octanol–water partition coefficient (Wildman–Crippen LogP) is 3.28. The summed E-state index contributed by atoms with van der Waals surface area (Å²) in [6.07, 6.45) is 1.76. The Morgan fingerprint density at radius 3 is 2.83 bits per heavy atom. The number of nitrogen functional groups attached to an aromatic ring is 1. The van der Waals surface area contributed by atoms with Crippen molar-refractivity contribution in [2.45, 2.75) is 11.8 Å². The monoisotopic (exact) mass is 278 g/mol. The van der Waals surface area contributed by atoms with E-state index in [9.17, 15) is 0 Å². The first kappa shape index (κ1) is 12.9. The Morgan fingerprint density at radius 1 is 1.44 bits per heavy atom. The number of hydrogen-bond acceptors (Lipinski definition) is 6. The summed E-state index contributed by atoms with van der Waals surface area (Å²) < 4.78 is 0. The van der Waals surface area contributed by atoms with E-state index in [0.717, 1.165) is 11.3 Å². The summed E-state index contributed by atoms with van der Waals surface area (Å²) in [6, 6.07) is 8.27. The maximum absolute atomic E-state index is 5.51. The van der Waals surface area contributed by atoms with Crippen LogP contribution in [0.15, 0.2) is 39.6 Å². The van der Waals surface area contributed by atoms with Crippen molar-refractivity contribution in [2.24, 2.45) is 5.10 Å². The highest BCUT2D eigenvalue weighted by Gasteiger charge is 1.95. The van der Waals surface area contributed by atoms with Gasteiger partial charge in [-0.2, -0.15) is 5.10 Å². The standard InChI is InChI=1S/C12H14N4S2/c1-2-17-10-5-3-9(4-6-10)7-14-16-12-15-11(13)8-18-12/h3-8H,2,13H2,1H3,(H,15,16). The van der Waals surface area contributed by atoms with Crippen molar-refractivity contribution in [3.05, 3.63) is 35.2 Å². The molecule has 18 heavy (non-hydrogen) atoms. The van der Waals surface area contributed by atoms with Gasteiger partial charge >= 0.3 is 0 Å². The fourth-order valence-corrected chi connectivity index (χ4v) is 2.53. The van der Waals surface area contributed by atoms with E-state index in [0.29, 0.717) is 10.9 Å². The molecule has 0 radical (unpaired) electrons. The second kappa shape index (κ2) is 6.42. The fourth-order valence-electron chi connectivity index (χ4n) is 1.32. The maximum Gasteiger partial charge on any atom is 0.205 e. The molecule has 3 N–H and O–H groups in total. The lowest BCUT2D eigenvalue weighted by molar-refractivity contribution is 1.29. The van der Waals surface area contributed by atoms with Gasteiger partial charge in [0.1, 0.15) is 5.82 Å². The molecule has 6 heteroatoms. The van der Waals surface area contributed by atoms with Gasteiger partial charge in [0.05, 0.1) is 6.21 Å². The number of hydrazone groups is 1. The van der Waals surface area contributed by atoms with Gasteiger partial charge in [-0.15, -0.1) is 23.1 Å². The molecule has 2 rings (SSSR count). The number of aromatic nitrogens is 1.